The van der Waals surface area contributed by atoms with Crippen LogP contribution in [-0.4, -0.2) is 47.6 Å². The number of ether oxygens (including phenoxy) is 1. The second-order valence-corrected chi connectivity index (χ2v) is 10.6. The van der Waals surface area contributed by atoms with Crippen LogP contribution in [-0.2, 0) is 16.6 Å². The van der Waals surface area contributed by atoms with E-state index in [1.54, 1.807) is 7.11 Å². The van der Waals surface area contributed by atoms with Gasteiger partial charge in [-0.2, -0.15) is 0 Å². The predicted molar refractivity (Wildman–Crippen MR) is 142 cm³/mol. The number of carbonyl (C=O) groups is 2. The van der Waals surface area contributed by atoms with Gasteiger partial charge in [0.2, 0.25) is 5.91 Å². The summed E-state index contributed by atoms with van der Waals surface area (Å²) in [7, 11) is 3.66. The van der Waals surface area contributed by atoms with Crippen molar-refractivity contribution in [3.05, 3.63) is 71.4 Å². The van der Waals surface area contributed by atoms with Crippen LogP contribution in [0.5, 0.6) is 0 Å². The van der Waals surface area contributed by atoms with E-state index >= 15 is 0 Å². The second-order valence-electron chi connectivity index (χ2n) is 10.6. The fourth-order valence-electron chi connectivity index (χ4n) is 6.32. The first-order valence-electron chi connectivity index (χ1n) is 13.2. The lowest BCUT2D eigenvalue weighted by molar-refractivity contribution is -0.125. The number of carbonyl (C=O) groups excluding carboxylic acids is 2. The zero-order valence-electron chi connectivity index (χ0n) is 21.7. The van der Waals surface area contributed by atoms with Crippen molar-refractivity contribution in [3.8, 4) is 0 Å². The van der Waals surface area contributed by atoms with Gasteiger partial charge < -0.3 is 19.5 Å². The smallest absolute Gasteiger partial charge is 0.254 e. The summed E-state index contributed by atoms with van der Waals surface area (Å²) in [5.41, 5.74) is 3.50. The van der Waals surface area contributed by atoms with Crippen LogP contribution in [0, 0.1) is 11.8 Å². The third-order valence-corrected chi connectivity index (χ3v) is 8.54. The number of methoxy groups -OCH3 is 1. The summed E-state index contributed by atoms with van der Waals surface area (Å²) >= 11 is 0. The largest absolute Gasteiger partial charge is 0.383 e. The van der Waals surface area contributed by atoms with Crippen molar-refractivity contribution >= 4 is 22.7 Å². The van der Waals surface area contributed by atoms with E-state index in [1.165, 1.54) is 6.42 Å². The number of aryl methyl sites for hydroxylation is 1. The number of nitrogens with one attached hydrogen (secondary N) is 1. The number of para-hydroxylation sites is 1. The highest BCUT2D eigenvalue weighted by Crippen LogP contribution is 2.45. The third-order valence-electron chi connectivity index (χ3n) is 8.54. The summed E-state index contributed by atoms with van der Waals surface area (Å²) in [5, 5.41) is 4.51. The van der Waals surface area contributed by atoms with Gasteiger partial charge in [-0.15, -0.1) is 0 Å². The lowest BCUT2D eigenvalue weighted by atomic mass is 9.76. The van der Waals surface area contributed by atoms with E-state index in [1.807, 2.05) is 48.3 Å². The normalized spacial score (nSPS) is 26.2. The summed E-state index contributed by atoms with van der Waals surface area (Å²) < 4.78 is 7.49. The molecule has 0 radical (unpaired) electrons. The topological polar surface area (TPSA) is 63.6 Å². The number of fused-ring (bicyclic) bond motifs is 2. The van der Waals surface area contributed by atoms with Crippen LogP contribution in [0.2, 0.25) is 0 Å². The van der Waals surface area contributed by atoms with Crippen molar-refractivity contribution in [2.75, 3.05) is 20.3 Å². The monoisotopic (exact) mass is 487 g/mol. The molecular formula is C30H37N3O3. The molecule has 2 amide bonds. The van der Waals surface area contributed by atoms with Gasteiger partial charge in [-0.3, -0.25) is 9.59 Å². The number of amides is 2. The zero-order valence-corrected chi connectivity index (χ0v) is 21.7. The van der Waals surface area contributed by atoms with Crippen molar-refractivity contribution in [1.82, 2.24) is 14.8 Å². The first-order chi connectivity index (χ1) is 17.4. The molecule has 0 bridgehead atoms. The number of rotatable bonds is 6. The summed E-state index contributed by atoms with van der Waals surface area (Å²) in [4.78, 5) is 29.9. The Labute approximate surface area is 213 Å². The van der Waals surface area contributed by atoms with Gasteiger partial charge >= 0.3 is 0 Å². The highest BCUT2D eigenvalue weighted by molar-refractivity contribution is 6.02. The van der Waals surface area contributed by atoms with E-state index in [-0.39, 0.29) is 17.9 Å². The highest BCUT2D eigenvalue weighted by Gasteiger charge is 2.45. The minimum absolute atomic E-state index is 0.00116. The summed E-state index contributed by atoms with van der Waals surface area (Å²) in [6, 6.07) is 15.5. The van der Waals surface area contributed by atoms with Crippen molar-refractivity contribution < 1.29 is 14.3 Å². The first-order valence-corrected chi connectivity index (χ1v) is 13.2. The van der Waals surface area contributed by atoms with Crippen LogP contribution in [0.3, 0.4) is 0 Å². The predicted octanol–water partition coefficient (Wildman–Crippen LogP) is 5.05. The maximum Gasteiger partial charge on any atom is 0.254 e. The standard InChI is InChI=1S/C30H37N3O3/c1-19-10-9-14-25(20(19)2)31-29(34)27-22-12-5-6-13-23(22)30(35)33(16-17-36-4)28(27)24-18-32(3)26-15-8-7-11-21(24)26/h5-8,11-13,15,18-20,25,27-28H,9-10,14,16-17H2,1-4H3,(H,31,34). The molecule has 5 rings (SSSR count). The molecule has 0 saturated heterocycles. The molecule has 5 unspecified atom stereocenters. The molecule has 2 aliphatic rings. The Hall–Kier alpha value is -3.12. The van der Waals surface area contributed by atoms with Crippen LogP contribution in [0.25, 0.3) is 10.9 Å². The first kappa shape index (κ1) is 24.6. The van der Waals surface area contributed by atoms with E-state index in [0.717, 1.165) is 34.9 Å². The van der Waals surface area contributed by atoms with Crippen LogP contribution in [0.15, 0.2) is 54.7 Å². The number of benzene rings is 2. The minimum atomic E-state index is -0.508. The van der Waals surface area contributed by atoms with Gasteiger partial charge in [-0.05, 0) is 36.0 Å². The summed E-state index contributed by atoms with van der Waals surface area (Å²) in [6.07, 6.45) is 5.42. The van der Waals surface area contributed by atoms with Gasteiger partial charge in [0, 0.05) is 55.0 Å². The Bertz CT molecular complexity index is 1270. The second kappa shape index (κ2) is 10.1. The van der Waals surface area contributed by atoms with Crippen molar-refractivity contribution in [3.63, 3.8) is 0 Å². The number of hydrogen-bond acceptors (Lipinski definition) is 3. The summed E-state index contributed by atoms with van der Waals surface area (Å²) in [5.74, 6) is 0.441. The molecule has 0 spiro atoms. The maximum absolute atomic E-state index is 14.2. The Morgan fingerprint density at radius 3 is 2.61 bits per heavy atom. The van der Waals surface area contributed by atoms with E-state index in [4.69, 9.17) is 4.74 Å². The molecule has 1 aliphatic heterocycles. The Morgan fingerprint density at radius 1 is 1.06 bits per heavy atom. The van der Waals surface area contributed by atoms with Crippen molar-refractivity contribution in [1.29, 1.82) is 0 Å². The Balaban J connectivity index is 1.64. The lowest BCUT2D eigenvalue weighted by Gasteiger charge is -2.43. The fraction of sp³-hybridized carbons (Fsp3) is 0.467. The fourth-order valence-corrected chi connectivity index (χ4v) is 6.32. The van der Waals surface area contributed by atoms with Crippen LogP contribution in [0.4, 0.5) is 0 Å². The number of hydrogen-bond donors (Lipinski definition) is 1. The SMILES string of the molecule is COCCN1C(=O)c2ccccc2C(C(=O)NC2CCCC(C)C2C)C1c1cn(C)c2ccccc12. The summed E-state index contributed by atoms with van der Waals surface area (Å²) in [6.45, 7) is 5.35. The molecule has 2 heterocycles. The molecule has 1 N–H and O–H groups in total. The van der Waals surface area contributed by atoms with E-state index in [9.17, 15) is 9.59 Å². The minimum Gasteiger partial charge on any atom is -0.383 e. The van der Waals surface area contributed by atoms with E-state index in [0.29, 0.717) is 30.6 Å². The molecular weight excluding hydrogens is 450 g/mol. The molecule has 36 heavy (non-hydrogen) atoms. The molecule has 2 aromatic carbocycles. The van der Waals surface area contributed by atoms with Crippen LogP contribution < -0.4 is 5.32 Å². The van der Waals surface area contributed by atoms with Crippen LogP contribution >= 0.6 is 0 Å². The Kier molecular flexibility index (Phi) is 6.89. The van der Waals surface area contributed by atoms with E-state index < -0.39 is 12.0 Å². The van der Waals surface area contributed by atoms with Gasteiger partial charge in [0.25, 0.3) is 5.91 Å². The number of aromatic nitrogens is 1. The van der Waals surface area contributed by atoms with Crippen molar-refractivity contribution in [2.24, 2.45) is 18.9 Å². The number of nitrogens with zero attached hydrogens (tertiary/aromatic N) is 2. The van der Waals surface area contributed by atoms with Gasteiger partial charge in [-0.25, -0.2) is 0 Å². The van der Waals surface area contributed by atoms with Crippen LogP contribution in [0.1, 0.15) is 66.6 Å². The molecule has 190 valence electrons. The molecule has 1 aromatic heterocycles. The molecule has 1 fully saturated rings. The molecule has 1 saturated carbocycles. The maximum atomic E-state index is 14.2. The zero-order chi connectivity index (χ0) is 25.4. The molecule has 6 heteroatoms. The Morgan fingerprint density at radius 2 is 1.81 bits per heavy atom. The average Bonchev–Trinajstić information content (AvgIpc) is 3.22. The molecule has 3 aromatic rings. The van der Waals surface area contributed by atoms with Gasteiger partial charge in [0.1, 0.15) is 0 Å². The van der Waals surface area contributed by atoms with Gasteiger partial charge in [-0.1, -0.05) is 63.1 Å². The third kappa shape index (κ3) is 4.21. The van der Waals surface area contributed by atoms with Gasteiger partial charge in [0.15, 0.2) is 0 Å². The lowest BCUT2D eigenvalue weighted by Crippen LogP contribution is -2.51. The molecule has 6 nitrogen and oxygen atoms in total. The molecule has 1 aliphatic carbocycles. The van der Waals surface area contributed by atoms with E-state index in [2.05, 4.69) is 42.1 Å². The van der Waals surface area contributed by atoms with Crippen molar-refractivity contribution in [2.45, 2.75) is 51.1 Å². The van der Waals surface area contributed by atoms with Gasteiger partial charge in [0.05, 0.1) is 18.6 Å². The average molecular weight is 488 g/mol. The molecule has 5 atom stereocenters. The quantitative estimate of drug-likeness (QED) is 0.529. The highest BCUT2D eigenvalue weighted by atomic mass is 16.5.